The molecule has 0 aliphatic rings. The molecule has 1 aromatic carbocycles. The molecule has 4 nitrogen and oxygen atoms in total. The lowest BCUT2D eigenvalue weighted by molar-refractivity contribution is 0.339. The number of nitrogens with one attached hydrogen (secondary N) is 1. The van der Waals surface area contributed by atoms with Crippen LogP contribution in [0.2, 0.25) is 0 Å². The molecular weight excluding hydrogens is 240 g/mol. The lowest BCUT2D eigenvalue weighted by atomic mass is 10.3. The van der Waals surface area contributed by atoms with Crippen LogP contribution in [-0.2, 0) is 6.54 Å². The highest BCUT2D eigenvalue weighted by Crippen LogP contribution is 2.22. The summed E-state index contributed by atoms with van der Waals surface area (Å²) in [5, 5.41) is 3.08. The van der Waals surface area contributed by atoms with Gasteiger partial charge in [0.05, 0.1) is 6.61 Å². The maximum atomic E-state index is 5.66. The van der Waals surface area contributed by atoms with Crippen LogP contribution in [0.1, 0.15) is 12.5 Å². The Morgan fingerprint density at radius 3 is 2.37 bits per heavy atom. The quantitative estimate of drug-likeness (QED) is 0.865. The summed E-state index contributed by atoms with van der Waals surface area (Å²) in [4.78, 5) is 4.26. The number of ether oxygens (including phenoxy) is 2. The summed E-state index contributed by atoms with van der Waals surface area (Å²) in [5.41, 5.74) is 1.13. The van der Waals surface area contributed by atoms with E-state index < -0.39 is 0 Å². The van der Waals surface area contributed by atoms with Crippen molar-refractivity contribution in [1.82, 2.24) is 10.3 Å². The summed E-state index contributed by atoms with van der Waals surface area (Å²) in [5.74, 6) is 2.17. The topological polar surface area (TPSA) is 43.4 Å². The van der Waals surface area contributed by atoms with Crippen molar-refractivity contribution < 1.29 is 9.47 Å². The zero-order valence-corrected chi connectivity index (χ0v) is 11.2. The number of nitrogens with zero attached hydrogens (tertiary/aromatic N) is 1. The molecule has 2 rings (SSSR count). The number of hydrogen-bond acceptors (Lipinski definition) is 4. The largest absolute Gasteiger partial charge is 0.494 e. The summed E-state index contributed by atoms with van der Waals surface area (Å²) >= 11 is 0. The van der Waals surface area contributed by atoms with Crippen molar-refractivity contribution >= 4 is 0 Å². The van der Waals surface area contributed by atoms with E-state index in [0.29, 0.717) is 12.5 Å². The third-order valence-corrected chi connectivity index (χ3v) is 2.54. The minimum absolute atomic E-state index is 0.587. The van der Waals surface area contributed by atoms with Gasteiger partial charge in [-0.1, -0.05) is 6.07 Å². The first-order valence-electron chi connectivity index (χ1n) is 6.32. The third kappa shape index (κ3) is 3.96. The summed E-state index contributed by atoms with van der Waals surface area (Å²) in [7, 11) is 1.91. The van der Waals surface area contributed by atoms with Crippen LogP contribution in [-0.4, -0.2) is 18.6 Å². The van der Waals surface area contributed by atoms with Crippen LogP contribution in [0.15, 0.2) is 42.6 Å². The molecule has 0 fully saturated rings. The molecule has 0 saturated carbocycles. The fraction of sp³-hybridized carbons (Fsp3) is 0.267. The number of benzene rings is 1. The maximum Gasteiger partial charge on any atom is 0.219 e. The van der Waals surface area contributed by atoms with Crippen LogP contribution in [0.4, 0.5) is 0 Å². The minimum Gasteiger partial charge on any atom is -0.494 e. The fourth-order valence-corrected chi connectivity index (χ4v) is 1.67. The van der Waals surface area contributed by atoms with Crippen LogP contribution >= 0.6 is 0 Å². The van der Waals surface area contributed by atoms with Gasteiger partial charge in [-0.2, -0.15) is 0 Å². The van der Waals surface area contributed by atoms with E-state index in [4.69, 9.17) is 9.47 Å². The average molecular weight is 258 g/mol. The molecule has 100 valence electrons. The zero-order valence-electron chi connectivity index (χ0n) is 11.2. The fourth-order valence-electron chi connectivity index (χ4n) is 1.67. The molecule has 1 heterocycles. The predicted octanol–water partition coefficient (Wildman–Crippen LogP) is 2.99. The summed E-state index contributed by atoms with van der Waals surface area (Å²) in [6.07, 6.45) is 1.81. The van der Waals surface area contributed by atoms with Crippen LogP contribution in [0.5, 0.6) is 17.4 Å². The summed E-state index contributed by atoms with van der Waals surface area (Å²) in [6.45, 7) is 3.42. The van der Waals surface area contributed by atoms with Crippen LogP contribution in [0.3, 0.4) is 0 Å². The van der Waals surface area contributed by atoms with Crippen molar-refractivity contribution in [1.29, 1.82) is 0 Å². The minimum atomic E-state index is 0.587. The molecular formula is C15H18N2O2. The van der Waals surface area contributed by atoms with Crippen molar-refractivity contribution in [2.45, 2.75) is 13.5 Å². The van der Waals surface area contributed by atoms with E-state index in [1.165, 1.54) is 0 Å². The Bertz CT molecular complexity index is 447. The second-order valence-electron chi connectivity index (χ2n) is 4.04. The van der Waals surface area contributed by atoms with Crippen LogP contribution < -0.4 is 14.8 Å². The van der Waals surface area contributed by atoms with Crippen molar-refractivity contribution in [3.8, 4) is 17.4 Å². The highest BCUT2D eigenvalue weighted by molar-refractivity contribution is 5.33. The molecule has 4 heteroatoms. The maximum absolute atomic E-state index is 5.66. The molecule has 0 saturated heterocycles. The van der Waals surface area contributed by atoms with Crippen molar-refractivity contribution in [3.05, 3.63) is 48.2 Å². The molecule has 19 heavy (non-hydrogen) atoms. The first-order chi connectivity index (χ1) is 9.31. The van der Waals surface area contributed by atoms with Gasteiger partial charge in [-0.05, 0) is 43.8 Å². The Labute approximate surface area is 113 Å². The van der Waals surface area contributed by atoms with Gasteiger partial charge in [-0.3, -0.25) is 0 Å². The van der Waals surface area contributed by atoms with Gasteiger partial charge in [-0.25, -0.2) is 4.98 Å². The molecule has 0 aliphatic carbocycles. The van der Waals surface area contributed by atoms with Gasteiger partial charge < -0.3 is 14.8 Å². The highest BCUT2D eigenvalue weighted by atomic mass is 16.5. The molecule has 0 unspecified atom stereocenters. The van der Waals surface area contributed by atoms with Crippen molar-refractivity contribution in [3.63, 3.8) is 0 Å². The van der Waals surface area contributed by atoms with E-state index >= 15 is 0 Å². The van der Waals surface area contributed by atoms with Gasteiger partial charge in [0.1, 0.15) is 11.5 Å². The Morgan fingerprint density at radius 1 is 1.05 bits per heavy atom. The highest BCUT2D eigenvalue weighted by Gasteiger charge is 2.00. The standard InChI is InChI=1S/C15H18N2O2/c1-3-18-13-5-7-14(8-6-13)19-15-9-4-12(10-16-2)11-17-15/h4-9,11,16H,3,10H2,1-2H3. The van der Waals surface area contributed by atoms with Gasteiger partial charge in [-0.15, -0.1) is 0 Å². The zero-order chi connectivity index (χ0) is 13.5. The van der Waals surface area contributed by atoms with Gasteiger partial charge in [0.15, 0.2) is 0 Å². The third-order valence-electron chi connectivity index (χ3n) is 2.54. The summed E-state index contributed by atoms with van der Waals surface area (Å²) in [6, 6.07) is 11.4. The number of aromatic nitrogens is 1. The molecule has 1 N–H and O–H groups in total. The average Bonchev–Trinajstić information content (AvgIpc) is 2.44. The first kappa shape index (κ1) is 13.4. The van der Waals surface area contributed by atoms with Crippen molar-refractivity contribution in [2.24, 2.45) is 0 Å². The Balaban J connectivity index is 1.99. The molecule has 0 bridgehead atoms. The molecule has 0 amide bonds. The lowest BCUT2D eigenvalue weighted by Crippen LogP contribution is -2.05. The first-order valence-corrected chi connectivity index (χ1v) is 6.32. The van der Waals surface area contributed by atoms with Crippen LogP contribution in [0.25, 0.3) is 0 Å². The molecule has 0 radical (unpaired) electrons. The Morgan fingerprint density at radius 2 is 1.79 bits per heavy atom. The predicted molar refractivity (Wildman–Crippen MR) is 74.7 cm³/mol. The second kappa shape index (κ2) is 6.75. The number of pyridine rings is 1. The van der Waals surface area contributed by atoms with E-state index in [-0.39, 0.29) is 0 Å². The Hall–Kier alpha value is -2.07. The van der Waals surface area contributed by atoms with E-state index in [2.05, 4.69) is 10.3 Å². The lowest BCUT2D eigenvalue weighted by Gasteiger charge is -2.07. The monoisotopic (exact) mass is 258 g/mol. The van der Waals surface area contributed by atoms with E-state index in [1.807, 2.05) is 50.4 Å². The normalized spacial score (nSPS) is 10.2. The van der Waals surface area contributed by atoms with E-state index in [9.17, 15) is 0 Å². The smallest absolute Gasteiger partial charge is 0.219 e. The second-order valence-corrected chi connectivity index (χ2v) is 4.04. The Kier molecular flexibility index (Phi) is 4.75. The van der Waals surface area contributed by atoms with Gasteiger partial charge in [0.2, 0.25) is 5.88 Å². The van der Waals surface area contributed by atoms with Gasteiger partial charge >= 0.3 is 0 Å². The van der Waals surface area contributed by atoms with E-state index in [1.54, 1.807) is 6.20 Å². The number of rotatable bonds is 6. The van der Waals surface area contributed by atoms with Crippen molar-refractivity contribution in [2.75, 3.05) is 13.7 Å². The molecule has 0 atom stereocenters. The van der Waals surface area contributed by atoms with Crippen LogP contribution in [0, 0.1) is 0 Å². The van der Waals surface area contributed by atoms with E-state index in [0.717, 1.165) is 23.6 Å². The molecule has 2 aromatic rings. The molecule has 0 aliphatic heterocycles. The van der Waals surface area contributed by atoms with Gasteiger partial charge in [0, 0.05) is 18.8 Å². The van der Waals surface area contributed by atoms with Gasteiger partial charge in [0.25, 0.3) is 0 Å². The number of hydrogen-bond donors (Lipinski definition) is 1. The summed E-state index contributed by atoms with van der Waals surface area (Å²) < 4.78 is 11.0. The molecule has 1 aromatic heterocycles. The molecule has 0 spiro atoms. The SMILES string of the molecule is CCOc1ccc(Oc2ccc(CNC)cn2)cc1.